The Morgan fingerprint density at radius 2 is 2.00 bits per heavy atom. The third-order valence-corrected chi connectivity index (χ3v) is 3.68. The summed E-state index contributed by atoms with van der Waals surface area (Å²) in [5, 5.41) is 1.07. The highest BCUT2D eigenvalue weighted by Crippen LogP contribution is 2.22. The number of rotatable bonds is 2. The maximum Gasteiger partial charge on any atom is 0.179 e. The Morgan fingerprint density at radius 1 is 1.21 bits per heavy atom. The SMILES string of the molecule is NNC(=NC1CCCCC1)c1cc2ccccc2o1. The number of furan rings is 1. The van der Waals surface area contributed by atoms with Gasteiger partial charge < -0.3 is 9.84 Å². The molecule has 1 aliphatic carbocycles. The molecule has 0 bridgehead atoms. The van der Waals surface area contributed by atoms with Crippen LogP contribution in [0.15, 0.2) is 39.7 Å². The van der Waals surface area contributed by atoms with Crippen LogP contribution >= 0.6 is 0 Å². The summed E-state index contributed by atoms with van der Waals surface area (Å²) in [5.41, 5.74) is 3.55. The average Bonchev–Trinajstić information content (AvgIpc) is 2.89. The van der Waals surface area contributed by atoms with E-state index in [0.29, 0.717) is 17.6 Å². The number of amidine groups is 1. The van der Waals surface area contributed by atoms with E-state index in [2.05, 4.69) is 5.43 Å². The first-order valence-corrected chi connectivity index (χ1v) is 6.90. The molecule has 1 aromatic heterocycles. The molecule has 1 aliphatic rings. The minimum absolute atomic E-state index is 0.369. The summed E-state index contributed by atoms with van der Waals surface area (Å²) in [6, 6.07) is 10.3. The van der Waals surface area contributed by atoms with Crippen LogP contribution in [0.4, 0.5) is 0 Å². The van der Waals surface area contributed by atoms with Gasteiger partial charge in [0.1, 0.15) is 5.58 Å². The largest absolute Gasteiger partial charge is 0.453 e. The molecule has 3 N–H and O–H groups in total. The first kappa shape index (κ1) is 12.2. The fraction of sp³-hybridized carbons (Fsp3) is 0.400. The molecule has 1 saturated carbocycles. The van der Waals surface area contributed by atoms with Gasteiger partial charge in [-0.05, 0) is 25.0 Å². The van der Waals surface area contributed by atoms with Crippen molar-refractivity contribution in [3.63, 3.8) is 0 Å². The minimum Gasteiger partial charge on any atom is -0.453 e. The van der Waals surface area contributed by atoms with Crippen molar-refractivity contribution in [3.8, 4) is 0 Å². The van der Waals surface area contributed by atoms with Crippen LogP contribution in [0.25, 0.3) is 11.0 Å². The molecular weight excluding hydrogens is 238 g/mol. The molecule has 0 aliphatic heterocycles. The molecule has 1 heterocycles. The molecule has 0 radical (unpaired) electrons. The number of benzene rings is 1. The summed E-state index contributed by atoms with van der Waals surface area (Å²) in [5.74, 6) is 6.98. The van der Waals surface area contributed by atoms with E-state index in [1.807, 2.05) is 30.3 Å². The monoisotopic (exact) mass is 257 g/mol. The van der Waals surface area contributed by atoms with Crippen LogP contribution in [0.1, 0.15) is 37.9 Å². The quantitative estimate of drug-likeness (QED) is 0.376. The number of nitrogens with one attached hydrogen (secondary N) is 1. The predicted octanol–water partition coefficient (Wildman–Crippen LogP) is 2.98. The Labute approximate surface area is 112 Å². The molecular formula is C15H19N3O. The second-order valence-electron chi connectivity index (χ2n) is 5.06. The molecule has 0 atom stereocenters. The lowest BCUT2D eigenvalue weighted by Crippen LogP contribution is -2.32. The van der Waals surface area contributed by atoms with E-state index in [-0.39, 0.29) is 0 Å². The summed E-state index contributed by atoms with van der Waals surface area (Å²) in [6.07, 6.45) is 6.12. The molecule has 0 amide bonds. The number of para-hydroxylation sites is 1. The van der Waals surface area contributed by atoms with Gasteiger partial charge in [-0.15, -0.1) is 0 Å². The maximum atomic E-state index is 5.79. The molecule has 3 rings (SSSR count). The molecule has 1 aromatic carbocycles. The molecule has 0 unspecified atom stereocenters. The van der Waals surface area contributed by atoms with E-state index in [1.165, 1.54) is 19.3 Å². The van der Waals surface area contributed by atoms with E-state index in [0.717, 1.165) is 23.8 Å². The van der Waals surface area contributed by atoms with Crippen LogP contribution in [0.2, 0.25) is 0 Å². The Morgan fingerprint density at radius 3 is 2.74 bits per heavy atom. The van der Waals surface area contributed by atoms with Gasteiger partial charge in [0.15, 0.2) is 11.6 Å². The van der Waals surface area contributed by atoms with E-state index >= 15 is 0 Å². The first-order valence-electron chi connectivity index (χ1n) is 6.90. The highest BCUT2D eigenvalue weighted by Gasteiger charge is 2.15. The number of fused-ring (bicyclic) bond motifs is 1. The maximum absolute atomic E-state index is 5.79. The molecule has 4 heteroatoms. The van der Waals surface area contributed by atoms with Gasteiger partial charge in [0, 0.05) is 5.39 Å². The normalized spacial score (nSPS) is 17.8. The zero-order chi connectivity index (χ0) is 13.1. The van der Waals surface area contributed by atoms with E-state index in [4.69, 9.17) is 15.3 Å². The van der Waals surface area contributed by atoms with Gasteiger partial charge in [0.05, 0.1) is 6.04 Å². The number of hydrogen-bond donors (Lipinski definition) is 2. The summed E-state index contributed by atoms with van der Waals surface area (Å²) in [7, 11) is 0. The van der Waals surface area contributed by atoms with Gasteiger partial charge >= 0.3 is 0 Å². The third kappa shape index (κ3) is 2.63. The third-order valence-electron chi connectivity index (χ3n) is 3.68. The minimum atomic E-state index is 0.369. The van der Waals surface area contributed by atoms with Crippen molar-refractivity contribution in [1.82, 2.24) is 5.43 Å². The van der Waals surface area contributed by atoms with Gasteiger partial charge in [-0.25, -0.2) is 5.84 Å². The molecule has 19 heavy (non-hydrogen) atoms. The summed E-state index contributed by atoms with van der Waals surface area (Å²) < 4.78 is 5.79. The highest BCUT2D eigenvalue weighted by atomic mass is 16.3. The van der Waals surface area contributed by atoms with Crippen LogP contribution in [0.3, 0.4) is 0 Å². The van der Waals surface area contributed by atoms with Gasteiger partial charge in [0.25, 0.3) is 0 Å². The number of nitrogens with zero attached hydrogens (tertiary/aromatic N) is 1. The van der Waals surface area contributed by atoms with Crippen molar-refractivity contribution < 1.29 is 4.42 Å². The van der Waals surface area contributed by atoms with Crippen molar-refractivity contribution in [1.29, 1.82) is 0 Å². The van der Waals surface area contributed by atoms with Crippen LogP contribution in [0.5, 0.6) is 0 Å². The second kappa shape index (κ2) is 5.45. The molecule has 0 spiro atoms. The van der Waals surface area contributed by atoms with Crippen molar-refractivity contribution in [3.05, 3.63) is 36.1 Å². The Kier molecular flexibility index (Phi) is 3.51. The zero-order valence-electron chi connectivity index (χ0n) is 10.9. The topological polar surface area (TPSA) is 63.5 Å². The van der Waals surface area contributed by atoms with Crippen LogP contribution in [-0.4, -0.2) is 11.9 Å². The van der Waals surface area contributed by atoms with Crippen LogP contribution < -0.4 is 11.3 Å². The Hall–Kier alpha value is -1.81. The molecule has 2 aromatic rings. The Balaban J connectivity index is 1.90. The average molecular weight is 257 g/mol. The molecule has 4 nitrogen and oxygen atoms in total. The van der Waals surface area contributed by atoms with Gasteiger partial charge in [-0.2, -0.15) is 0 Å². The lowest BCUT2D eigenvalue weighted by atomic mass is 9.96. The molecule has 1 fully saturated rings. The molecule has 0 saturated heterocycles. The lowest BCUT2D eigenvalue weighted by molar-refractivity contribution is 0.441. The van der Waals surface area contributed by atoms with Gasteiger partial charge in [-0.3, -0.25) is 4.99 Å². The number of aliphatic imine (C=N–C) groups is 1. The molecule has 100 valence electrons. The van der Waals surface area contributed by atoms with Crippen molar-refractivity contribution in [2.75, 3.05) is 0 Å². The fourth-order valence-electron chi connectivity index (χ4n) is 2.66. The summed E-state index contributed by atoms with van der Waals surface area (Å²) in [6.45, 7) is 0. The number of nitrogens with two attached hydrogens (primary N) is 1. The van der Waals surface area contributed by atoms with E-state index in [9.17, 15) is 0 Å². The van der Waals surface area contributed by atoms with Crippen molar-refractivity contribution >= 4 is 16.8 Å². The van der Waals surface area contributed by atoms with E-state index < -0.39 is 0 Å². The highest BCUT2D eigenvalue weighted by molar-refractivity contribution is 5.99. The van der Waals surface area contributed by atoms with Crippen LogP contribution in [-0.2, 0) is 0 Å². The first-order chi connectivity index (χ1) is 9.36. The second-order valence-corrected chi connectivity index (χ2v) is 5.06. The van der Waals surface area contributed by atoms with Crippen molar-refractivity contribution in [2.45, 2.75) is 38.1 Å². The predicted molar refractivity (Wildman–Crippen MR) is 76.9 cm³/mol. The summed E-state index contributed by atoms with van der Waals surface area (Å²) >= 11 is 0. The smallest absolute Gasteiger partial charge is 0.179 e. The number of hydrazine groups is 1. The fourth-order valence-corrected chi connectivity index (χ4v) is 2.66. The Bertz CT molecular complexity index is 549. The summed E-state index contributed by atoms with van der Waals surface area (Å²) in [4.78, 5) is 4.71. The lowest BCUT2D eigenvalue weighted by Gasteiger charge is -2.18. The van der Waals surface area contributed by atoms with Crippen molar-refractivity contribution in [2.24, 2.45) is 10.8 Å². The van der Waals surface area contributed by atoms with E-state index in [1.54, 1.807) is 0 Å². The standard InChI is InChI=1S/C15H19N3O/c16-18-15(17-12-7-2-1-3-8-12)14-10-11-6-4-5-9-13(11)19-14/h4-6,9-10,12H,1-3,7-8,16H2,(H,17,18). The number of hydrogen-bond acceptors (Lipinski definition) is 3. The van der Waals surface area contributed by atoms with Gasteiger partial charge in [0.2, 0.25) is 0 Å². The van der Waals surface area contributed by atoms with Gasteiger partial charge in [-0.1, -0.05) is 37.5 Å². The van der Waals surface area contributed by atoms with Crippen LogP contribution in [0, 0.1) is 0 Å². The zero-order valence-corrected chi connectivity index (χ0v) is 10.9.